The summed E-state index contributed by atoms with van der Waals surface area (Å²) in [5, 5.41) is 0. The van der Waals surface area contributed by atoms with E-state index in [1.807, 2.05) is 0 Å². The summed E-state index contributed by atoms with van der Waals surface area (Å²) >= 11 is 0. The first-order chi connectivity index (χ1) is 9.88. The van der Waals surface area contributed by atoms with Gasteiger partial charge in [-0.15, -0.1) is 0 Å². The third-order valence-electron chi connectivity index (χ3n) is 2.87. The first-order valence-electron chi connectivity index (χ1n) is 6.07. The Morgan fingerprint density at radius 1 is 0.857 bits per heavy atom. The Morgan fingerprint density at radius 3 is 2.05 bits per heavy atom. The lowest BCUT2D eigenvalue weighted by atomic mass is 10.0. The van der Waals surface area contributed by atoms with Crippen molar-refractivity contribution in [1.82, 2.24) is 0 Å². The van der Waals surface area contributed by atoms with E-state index in [9.17, 15) is 18.0 Å². The van der Waals surface area contributed by atoms with E-state index in [0.717, 1.165) is 6.07 Å². The second-order valence-electron chi connectivity index (χ2n) is 4.39. The molecule has 2 aromatic rings. The molecule has 6 heteroatoms. The molecule has 108 valence electrons. The number of carbonyl (C=O) groups is 2. The van der Waals surface area contributed by atoms with Gasteiger partial charge in [-0.25, -0.2) is 0 Å². The Balaban J connectivity index is 2.20. The summed E-state index contributed by atoms with van der Waals surface area (Å²) in [6.07, 6.45) is -0.362. The van der Waals surface area contributed by atoms with E-state index in [-0.39, 0.29) is 22.7 Å². The monoisotopic (exact) mass is 304 g/mol. The SMILES string of the molecule is O=C(CC(=O)c1cccc(S(=O)(=O)O)c1)c1ccccc1. The van der Waals surface area contributed by atoms with Gasteiger partial charge in [-0.05, 0) is 12.1 Å². The van der Waals surface area contributed by atoms with Crippen LogP contribution in [0.5, 0.6) is 0 Å². The molecule has 0 radical (unpaired) electrons. The van der Waals surface area contributed by atoms with Crippen molar-refractivity contribution in [1.29, 1.82) is 0 Å². The highest BCUT2D eigenvalue weighted by atomic mass is 32.2. The predicted octanol–water partition coefficient (Wildman–Crippen LogP) is 2.39. The minimum absolute atomic E-state index is 0.0643. The lowest BCUT2D eigenvalue weighted by Gasteiger charge is -2.03. The van der Waals surface area contributed by atoms with Gasteiger partial charge in [-0.3, -0.25) is 14.1 Å². The lowest BCUT2D eigenvalue weighted by molar-refractivity contribution is 0.0894. The average Bonchev–Trinajstić information content (AvgIpc) is 2.47. The van der Waals surface area contributed by atoms with Gasteiger partial charge in [0.2, 0.25) is 0 Å². The second kappa shape index (κ2) is 5.99. The summed E-state index contributed by atoms with van der Waals surface area (Å²) in [6, 6.07) is 13.3. The van der Waals surface area contributed by atoms with Crippen molar-refractivity contribution in [3.05, 3.63) is 65.7 Å². The molecule has 2 rings (SSSR count). The molecule has 5 nitrogen and oxygen atoms in total. The molecule has 0 fully saturated rings. The Labute approximate surface area is 122 Å². The van der Waals surface area contributed by atoms with Gasteiger partial charge < -0.3 is 0 Å². The molecule has 0 aliphatic carbocycles. The maximum Gasteiger partial charge on any atom is 0.294 e. The van der Waals surface area contributed by atoms with Crippen LogP contribution >= 0.6 is 0 Å². The normalized spacial score (nSPS) is 11.1. The van der Waals surface area contributed by atoms with Crippen molar-refractivity contribution in [2.24, 2.45) is 0 Å². The molecule has 0 aromatic heterocycles. The first kappa shape index (κ1) is 15.1. The van der Waals surface area contributed by atoms with Crippen LogP contribution in [0.1, 0.15) is 27.1 Å². The van der Waals surface area contributed by atoms with E-state index in [2.05, 4.69) is 0 Å². The fourth-order valence-electron chi connectivity index (χ4n) is 1.80. The second-order valence-corrected chi connectivity index (χ2v) is 5.81. The molecule has 0 saturated carbocycles. The van der Waals surface area contributed by atoms with Gasteiger partial charge in [0.25, 0.3) is 10.1 Å². The molecule has 0 spiro atoms. The number of Topliss-reactive ketones (excluding diaryl/α,β-unsaturated/α-hetero) is 2. The van der Waals surface area contributed by atoms with Crippen molar-refractivity contribution < 1.29 is 22.6 Å². The number of hydrogen-bond donors (Lipinski definition) is 1. The molecule has 0 heterocycles. The van der Waals surface area contributed by atoms with Crippen LogP contribution < -0.4 is 0 Å². The molecule has 0 aliphatic heterocycles. The molecule has 1 N–H and O–H groups in total. The van der Waals surface area contributed by atoms with Gasteiger partial charge in [-0.1, -0.05) is 42.5 Å². The van der Waals surface area contributed by atoms with Crippen LogP contribution in [0.3, 0.4) is 0 Å². The highest BCUT2D eigenvalue weighted by molar-refractivity contribution is 7.85. The first-order valence-corrected chi connectivity index (χ1v) is 7.51. The summed E-state index contributed by atoms with van der Waals surface area (Å²) in [7, 11) is -4.38. The Morgan fingerprint density at radius 2 is 1.43 bits per heavy atom. The minimum atomic E-state index is -4.38. The zero-order chi connectivity index (χ0) is 15.5. The van der Waals surface area contributed by atoms with Crippen molar-refractivity contribution in [2.45, 2.75) is 11.3 Å². The number of hydrogen-bond acceptors (Lipinski definition) is 4. The topological polar surface area (TPSA) is 88.5 Å². The third-order valence-corrected chi connectivity index (χ3v) is 3.72. The largest absolute Gasteiger partial charge is 0.294 e. The van der Waals surface area contributed by atoms with Gasteiger partial charge in [0.05, 0.1) is 11.3 Å². The van der Waals surface area contributed by atoms with Crippen LogP contribution in [0.15, 0.2) is 59.5 Å². The highest BCUT2D eigenvalue weighted by Crippen LogP contribution is 2.14. The third kappa shape index (κ3) is 3.84. The van der Waals surface area contributed by atoms with Crippen molar-refractivity contribution in [2.75, 3.05) is 0 Å². The maximum atomic E-state index is 12.0. The summed E-state index contributed by atoms with van der Waals surface area (Å²) in [4.78, 5) is 23.6. The maximum absolute atomic E-state index is 12.0. The van der Waals surface area contributed by atoms with E-state index in [4.69, 9.17) is 4.55 Å². The molecule has 0 aliphatic rings. The highest BCUT2D eigenvalue weighted by Gasteiger charge is 2.16. The quantitative estimate of drug-likeness (QED) is 0.520. The Hall–Kier alpha value is -2.31. The summed E-state index contributed by atoms with van der Waals surface area (Å²) in [5.41, 5.74) is 0.478. The predicted molar refractivity (Wildman–Crippen MR) is 76.0 cm³/mol. The van der Waals surface area contributed by atoms with Crippen LogP contribution in [0.2, 0.25) is 0 Å². The molecule has 0 amide bonds. The van der Waals surface area contributed by atoms with Crippen molar-refractivity contribution in [3.63, 3.8) is 0 Å². The Bertz CT molecular complexity index is 779. The van der Waals surface area contributed by atoms with E-state index in [1.54, 1.807) is 30.3 Å². The molecule has 0 saturated heterocycles. The zero-order valence-corrected chi connectivity index (χ0v) is 11.7. The van der Waals surface area contributed by atoms with E-state index >= 15 is 0 Å². The van der Waals surface area contributed by atoms with Crippen LogP contribution in [0, 0.1) is 0 Å². The van der Waals surface area contributed by atoms with Crippen molar-refractivity contribution in [3.8, 4) is 0 Å². The van der Waals surface area contributed by atoms with E-state index in [0.29, 0.717) is 5.56 Å². The van der Waals surface area contributed by atoms with Gasteiger partial charge in [0.15, 0.2) is 11.6 Å². The standard InChI is InChI=1S/C15H12O5S/c16-14(11-5-2-1-3-6-11)10-15(17)12-7-4-8-13(9-12)21(18,19)20/h1-9H,10H2,(H,18,19,20). The molecule has 21 heavy (non-hydrogen) atoms. The van der Waals surface area contributed by atoms with Crippen LogP contribution in [0.25, 0.3) is 0 Å². The van der Waals surface area contributed by atoms with E-state index in [1.165, 1.54) is 18.2 Å². The number of ketones is 2. The van der Waals surface area contributed by atoms with Gasteiger partial charge in [0, 0.05) is 11.1 Å². The summed E-state index contributed by atoms with van der Waals surface area (Å²) < 4.78 is 31.0. The number of benzene rings is 2. The zero-order valence-electron chi connectivity index (χ0n) is 10.9. The minimum Gasteiger partial charge on any atom is -0.294 e. The fraction of sp³-hybridized carbons (Fsp3) is 0.0667. The fourth-order valence-corrected chi connectivity index (χ4v) is 2.33. The smallest absolute Gasteiger partial charge is 0.294 e. The van der Waals surface area contributed by atoms with Gasteiger partial charge >= 0.3 is 0 Å². The molecular formula is C15H12O5S. The lowest BCUT2D eigenvalue weighted by Crippen LogP contribution is -2.09. The molecule has 2 aromatic carbocycles. The number of rotatable bonds is 5. The van der Waals surface area contributed by atoms with Gasteiger partial charge in [0.1, 0.15) is 0 Å². The van der Waals surface area contributed by atoms with Crippen molar-refractivity contribution >= 4 is 21.7 Å². The van der Waals surface area contributed by atoms with Crippen LogP contribution in [-0.2, 0) is 10.1 Å². The number of carbonyl (C=O) groups excluding carboxylic acids is 2. The molecule has 0 bridgehead atoms. The summed E-state index contributed by atoms with van der Waals surface area (Å²) in [5.74, 6) is -0.854. The van der Waals surface area contributed by atoms with Gasteiger partial charge in [-0.2, -0.15) is 8.42 Å². The molecule has 0 atom stereocenters. The molecular weight excluding hydrogens is 292 g/mol. The molecule has 0 unspecified atom stereocenters. The van der Waals surface area contributed by atoms with Crippen LogP contribution in [0.4, 0.5) is 0 Å². The Kier molecular flexibility index (Phi) is 4.30. The average molecular weight is 304 g/mol. The van der Waals surface area contributed by atoms with Crippen LogP contribution in [-0.4, -0.2) is 24.5 Å². The summed E-state index contributed by atoms with van der Waals surface area (Å²) in [6.45, 7) is 0. The van der Waals surface area contributed by atoms with E-state index < -0.39 is 15.9 Å².